The summed E-state index contributed by atoms with van der Waals surface area (Å²) in [7, 11) is 0. The van der Waals surface area contributed by atoms with Crippen molar-refractivity contribution in [2.45, 2.75) is 53.4 Å². The molecule has 0 aliphatic carbocycles. The number of nitrogens with one attached hydrogen (secondary N) is 1. The zero-order valence-electron chi connectivity index (χ0n) is 14.1. The zero-order chi connectivity index (χ0) is 17.0. The van der Waals surface area contributed by atoms with Crippen molar-refractivity contribution in [1.82, 2.24) is 5.16 Å². The van der Waals surface area contributed by atoms with E-state index in [1.54, 1.807) is 0 Å². The number of halogens is 1. The van der Waals surface area contributed by atoms with Crippen LogP contribution in [0.15, 0.2) is 16.7 Å². The molecular weight excluding hydrogens is 312 g/mol. The topological polar surface area (TPSA) is 55.1 Å². The van der Waals surface area contributed by atoms with E-state index in [0.29, 0.717) is 17.9 Å². The number of carbonyl (C=O) groups excluding carboxylic acids is 1. The molecule has 2 aromatic rings. The van der Waals surface area contributed by atoms with E-state index in [1.807, 2.05) is 32.9 Å². The first-order chi connectivity index (χ1) is 11.0. The van der Waals surface area contributed by atoms with Crippen LogP contribution in [-0.4, -0.2) is 11.1 Å². The zero-order valence-corrected chi connectivity index (χ0v) is 14.9. The van der Waals surface area contributed by atoms with Gasteiger partial charge in [-0.05, 0) is 50.3 Å². The molecule has 4 nitrogen and oxygen atoms in total. The van der Waals surface area contributed by atoms with Crippen LogP contribution in [0.5, 0.6) is 0 Å². The Hall–Kier alpha value is -1.81. The van der Waals surface area contributed by atoms with Gasteiger partial charge in [0.25, 0.3) is 0 Å². The number of hydrogen-bond acceptors (Lipinski definition) is 3. The lowest BCUT2D eigenvalue weighted by atomic mass is 10.0. The highest BCUT2D eigenvalue weighted by molar-refractivity contribution is 6.32. The third-order valence-electron chi connectivity index (χ3n) is 4.12. The molecule has 0 atom stereocenters. The third-order valence-corrected chi connectivity index (χ3v) is 4.48. The summed E-state index contributed by atoms with van der Waals surface area (Å²) in [6.07, 6.45) is 2.65. The summed E-state index contributed by atoms with van der Waals surface area (Å²) in [5, 5.41) is 7.67. The summed E-state index contributed by atoms with van der Waals surface area (Å²) >= 11 is 6.27. The Morgan fingerprint density at radius 2 is 1.96 bits per heavy atom. The molecule has 0 bridgehead atoms. The maximum atomic E-state index is 12.4. The number of hydrogen-bond donors (Lipinski definition) is 1. The van der Waals surface area contributed by atoms with Crippen LogP contribution in [0.1, 0.15) is 48.4 Å². The Morgan fingerprint density at radius 1 is 1.22 bits per heavy atom. The standard InChI is InChI=1S/C18H23ClN2O2/c1-5-13-7-9-16(19)14(6-2)18(13)20-17(22)10-8-15-11(3)21-23-12(15)4/h7,9H,5-6,8,10H2,1-4H3,(H,20,22). The molecule has 2 rings (SSSR count). The van der Waals surface area contributed by atoms with E-state index in [-0.39, 0.29) is 5.91 Å². The van der Waals surface area contributed by atoms with Crippen molar-refractivity contribution in [2.24, 2.45) is 0 Å². The van der Waals surface area contributed by atoms with E-state index in [2.05, 4.69) is 17.4 Å². The number of carbonyl (C=O) groups is 1. The summed E-state index contributed by atoms with van der Waals surface area (Å²) in [5.41, 5.74) is 4.83. The number of amides is 1. The Kier molecular flexibility index (Phi) is 5.83. The van der Waals surface area contributed by atoms with Crippen LogP contribution < -0.4 is 5.32 Å². The molecule has 0 aliphatic rings. The molecule has 0 fully saturated rings. The molecule has 0 aliphatic heterocycles. The summed E-state index contributed by atoms with van der Waals surface area (Å²) in [4.78, 5) is 12.4. The molecule has 1 N–H and O–H groups in total. The maximum absolute atomic E-state index is 12.4. The van der Waals surface area contributed by atoms with Gasteiger partial charge in [0.1, 0.15) is 5.76 Å². The smallest absolute Gasteiger partial charge is 0.224 e. The lowest BCUT2D eigenvalue weighted by Crippen LogP contribution is -2.15. The van der Waals surface area contributed by atoms with E-state index in [1.165, 1.54) is 0 Å². The number of aryl methyl sites for hydroxylation is 3. The first-order valence-electron chi connectivity index (χ1n) is 7.99. The van der Waals surface area contributed by atoms with Gasteiger partial charge in [-0.1, -0.05) is 36.7 Å². The van der Waals surface area contributed by atoms with Crippen molar-refractivity contribution in [3.05, 3.63) is 45.3 Å². The average molecular weight is 335 g/mol. The average Bonchev–Trinajstić information content (AvgIpc) is 2.84. The fourth-order valence-corrected chi connectivity index (χ4v) is 3.06. The second kappa shape index (κ2) is 7.64. The summed E-state index contributed by atoms with van der Waals surface area (Å²) < 4.78 is 5.14. The number of benzene rings is 1. The molecule has 1 amide bonds. The predicted molar refractivity (Wildman–Crippen MR) is 93.1 cm³/mol. The number of anilines is 1. The van der Waals surface area contributed by atoms with Gasteiger partial charge in [0, 0.05) is 22.7 Å². The molecule has 23 heavy (non-hydrogen) atoms. The van der Waals surface area contributed by atoms with Crippen LogP contribution in [-0.2, 0) is 24.1 Å². The van der Waals surface area contributed by atoms with Gasteiger partial charge in [0.2, 0.25) is 5.91 Å². The fourth-order valence-electron chi connectivity index (χ4n) is 2.77. The largest absolute Gasteiger partial charge is 0.361 e. The van der Waals surface area contributed by atoms with Crippen LogP contribution in [0.25, 0.3) is 0 Å². The first-order valence-corrected chi connectivity index (χ1v) is 8.37. The van der Waals surface area contributed by atoms with Crippen LogP contribution in [0.4, 0.5) is 5.69 Å². The van der Waals surface area contributed by atoms with Crippen molar-refractivity contribution in [3.8, 4) is 0 Å². The van der Waals surface area contributed by atoms with Gasteiger partial charge in [0.05, 0.1) is 5.69 Å². The molecule has 0 saturated heterocycles. The van der Waals surface area contributed by atoms with Crippen molar-refractivity contribution in [3.63, 3.8) is 0 Å². The van der Waals surface area contributed by atoms with Gasteiger partial charge in [-0.15, -0.1) is 0 Å². The van der Waals surface area contributed by atoms with E-state index in [0.717, 1.165) is 46.7 Å². The molecular formula is C18H23ClN2O2. The van der Waals surface area contributed by atoms with Crippen LogP contribution in [0, 0.1) is 13.8 Å². The summed E-state index contributed by atoms with van der Waals surface area (Å²) in [6.45, 7) is 7.88. The molecule has 1 aromatic carbocycles. The van der Waals surface area contributed by atoms with Gasteiger partial charge in [-0.3, -0.25) is 4.79 Å². The van der Waals surface area contributed by atoms with Gasteiger partial charge < -0.3 is 9.84 Å². The minimum Gasteiger partial charge on any atom is -0.361 e. The van der Waals surface area contributed by atoms with Crippen molar-refractivity contribution in [2.75, 3.05) is 5.32 Å². The van der Waals surface area contributed by atoms with Gasteiger partial charge in [-0.25, -0.2) is 0 Å². The summed E-state index contributed by atoms with van der Waals surface area (Å²) in [6, 6.07) is 3.88. The molecule has 1 aromatic heterocycles. The number of rotatable bonds is 6. The Morgan fingerprint density at radius 3 is 2.52 bits per heavy atom. The SMILES string of the molecule is CCc1ccc(Cl)c(CC)c1NC(=O)CCc1c(C)noc1C. The Labute approximate surface area is 142 Å². The molecule has 1 heterocycles. The first kappa shape index (κ1) is 17.5. The molecule has 0 saturated carbocycles. The van der Waals surface area contributed by atoms with Gasteiger partial charge in [-0.2, -0.15) is 0 Å². The minimum atomic E-state index is -0.0170. The normalized spacial score (nSPS) is 10.8. The second-order valence-corrected chi connectivity index (χ2v) is 6.03. The second-order valence-electron chi connectivity index (χ2n) is 5.62. The third kappa shape index (κ3) is 3.94. The number of aromatic nitrogens is 1. The molecule has 0 unspecified atom stereocenters. The molecule has 5 heteroatoms. The molecule has 0 spiro atoms. The van der Waals surface area contributed by atoms with Crippen molar-refractivity contribution < 1.29 is 9.32 Å². The van der Waals surface area contributed by atoms with Gasteiger partial charge in [0.15, 0.2) is 0 Å². The monoisotopic (exact) mass is 334 g/mol. The molecule has 124 valence electrons. The van der Waals surface area contributed by atoms with Crippen molar-refractivity contribution in [1.29, 1.82) is 0 Å². The highest BCUT2D eigenvalue weighted by Crippen LogP contribution is 2.29. The quantitative estimate of drug-likeness (QED) is 0.837. The summed E-state index contributed by atoms with van der Waals surface area (Å²) in [5.74, 6) is 0.762. The minimum absolute atomic E-state index is 0.0170. The number of nitrogens with zero attached hydrogens (tertiary/aromatic N) is 1. The highest BCUT2D eigenvalue weighted by atomic mass is 35.5. The molecule has 0 radical (unpaired) electrons. The van der Waals surface area contributed by atoms with E-state index in [9.17, 15) is 4.79 Å². The van der Waals surface area contributed by atoms with E-state index >= 15 is 0 Å². The fraction of sp³-hybridized carbons (Fsp3) is 0.444. The van der Waals surface area contributed by atoms with Crippen LogP contribution in [0.3, 0.4) is 0 Å². The Bertz CT molecular complexity index is 688. The van der Waals surface area contributed by atoms with E-state index in [4.69, 9.17) is 16.1 Å². The van der Waals surface area contributed by atoms with Crippen LogP contribution >= 0.6 is 11.6 Å². The Balaban J connectivity index is 2.13. The highest BCUT2D eigenvalue weighted by Gasteiger charge is 2.15. The maximum Gasteiger partial charge on any atom is 0.224 e. The van der Waals surface area contributed by atoms with Gasteiger partial charge >= 0.3 is 0 Å². The lowest BCUT2D eigenvalue weighted by molar-refractivity contribution is -0.116. The lowest BCUT2D eigenvalue weighted by Gasteiger charge is -2.16. The van der Waals surface area contributed by atoms with Crippen molar-refractivity contribution >= 4 is 23.2 Å². The van der Waals surface area contributed by atoms with E-state index < -0.39 is 0 Å². The predicted octanol–water partition coefficient (Wildman–Crippen LogP) is 4.64. The van der Waals surface area contributed by atoms with Crippen LogP contribution in [0.2, 0.25) is 5.02 Å².